The number of anilines is 2. The second kappa shape index (κ2) is 10.9. The summed E-state index contributed by atoms with van der Waals surface area (Å²) in [6.07, 6.45) is 3.06. The molecule has 1 saturated carbocycles. The molecule has 0 radical (unpaired) electrons. The number of benzene rings is 2. The molecular weight excluding hydrogens is 452 g/mol. The van der Waals surface area contributed by atoms with Gasteiger partial charge in [-0.15, -0.1) is 0 Å². The largest absolute Gasteiger partial charge is 0.378 e. The Morgan fingerprint density at radius 2 is 1.89 bits per heavy atom. The van der Waals surface area contributed by atoms with E-state index in [1.165, 1.54) is 6.07 Å². The van der Waals surface area contributed by atoms with E-state index in [4.69, 9.17) is 4.79 Å². The van der Waals surface area contributed by atoms with E-state index in [2.05, 4.69) is 25.4 Å². The predicted molar refractivity (Wildman–Crippen MR) is 138 cm³/mol. The number of nitrogens with one attached hydrogen (secondary N) is 2. The van der Waals surface area contributed by atoms with Crippen LogP contribution in [-0.2, 0) is 11.3 Å². The van der Waals surface area contributed by atoms with Crippen molar-refractivity contribution in [2.75, 3.05) is 42.9 Å². The maximum Gasteiger partial charge on any atom is 0.254 e. The molecule has 35 heavy (non-hydrogen) atoms. The van der Waals surface area contributed by atoms with E-state index in [-0.39, 0.29) is 26.2 Å². The molecule has 0 spiro atoms. The number of rotatable bonds is 5. The molecule has 0 bridgehead atoms. The van der Waals surface area contributed by atoms with E-state index < -0.39 is 5.82 Å². The Morgan fingerprint density at radius 1 is 1.14 bits per heavy atom. The van der Waals surface area contributed by atoms with Crippen LogP contribution in [0.1, 0.15) is 45.0 Å². The standard InChI is InChI=1S/C25H29F2N5O.CH2O.2H2/c1-16-14-28-23-12-17(11-22(27)24(23)29-16)15-31-7-9-32(10-8-31)19-5-6-20(21(26)13-19)25(33)30-18-3-2-4-18;1-2;;/h5-6,11-13,18,28H,2-4,7-10,14-15H2,1H3,(H,30,33);1H2;2*1H. The van der Waals surface area contributed by atoms with Gasteiger partial charge < -0.3 is 20.3 Å². The van der Waals surface area contributed by atoms with Gasteiger partial charge >= 0.3 is 0 Å². The highest BCUT2D eigenvalue weighted by atomic mass is 19.1. The van der Waals surface area contributed by atoms with Crippen LogP contribution < -0.4 is 15.5 Å². The molecule has 1 aliphatic carbocycles. The molecule has 0 unspecified atom stereocenters. The molecule has 2 N–H and O–H groups in total. The Balaban J connectivity index is 0.00000118. The highest BCUT2D eigenvalue weighted by Crippen LogP contribution is 2.33. The first kappa shape index (κ1) is 24.8. The molecule has 0 aromatic heterocycles. The first-order chi connectivity index (χ1) is 17.0. The number of fused-ring (bicyclic) bond motifs is 1. The molecule has 2 fully saturated rings. The minimum absolute atomic E-state index is 0. The second-order valence-corrected chi connectivity index (χ2v) is 9.20. The van der Waals surface area contributed by atoms with Crippen molar-refractivity contribution in [2.45, 2.75) is 38.8 Å². The highest BCUT2D eigenvalue weighted by molar-refractivity contribution is 5.95. The number of piperazine rings is 1. The van der Waals surface area contributed by atoms with E-state index in [1.54, 1.807) is 12.1 Å². The van der Waals surface area contributed by atoms with Crippen LogP contribution in [0.2, 0.25) is 0 Å². The molecule has 2 heterocycles. The molecule has 9 heteroatoms. The minimum atomic E-state index is -0.485. The van der Waals surface area contributed by atoms with Gasteiger partial charge in [-0.05, 0) is 62.1 Å². The van der Waals surface area contributed by atoms with Crippen LogP contribution >= 0.6 is 0 Å². The molecule has 1 amide bonds. The van der Waals surface area contributed by atoms with Gasteiger partial charge in [-0.3, -0.25) is 14.7 Å². The van der Waals surface area contributed by atoms with Gasteiger partial charge in [0.2, 0.25) is 0 Å². The summed E-state index contributed by atoms with van der Waals surface area (Å²) < 4.78 is 29.2. The van der Waals surface area contributed by atoms with E-state index in [0.717, 1.165) is 68.1 Å². The van der Waals surface area contributed by atoms with Gasteiger partial charge in [0.05, 0.1) is 17.8 Å². The van der Waals surface area contributed by atoms with Crippen molar-refractivity contribution in [3.63, 3.8) is 0 Å². The van der Waals surface area contributed by atoms with E-state index in [9.17, 15) is 13.6 Å². The van der Waals surface area contributed by atoms with Crippen LogP contribution in [0.25, 0.3) is 0 Å². The minimum Gasteiger partial charge on any atom is -0.378 e. The maximum absolute atomic E-state index is 14.6. The van der Waals surface area contributed by atoms with Crippen molar-refractivity contribution in [1.82, 2.24) is 10.2 Å². The maximum atomic E-state index is 14.6. The lowest BCUT2D eigenvalue weighted by atomic mass is 9.93. The van der Waals surface area contributed by atoms with Gasteiger partial charge in [-0.1, -0.05) is 0 Å². The zero-order valence-electron chi connectivity index (χ0n) is 19.9. The number of amides is 1. The number of carbonyl (C=O) groups is 2. The molecule has 3 aliphatic rings. The third kappa shape index (κ3) is 5.67. The van der Waals surface area contributed by atoms with Gasteiger partial charge in [-0.25, -0.2) is 8.78 Å². The number of halogens is 2. The van der Waals surface area contributed by atoms with Crippen molar-refractivity contribution in [3.05, 3.63) is 53.1 Å². The molecule has 0 atom stereocenters. The van der Waals surface area contributed by atoms with Crippen molar-refractivity contribution in [3.8, 4) is 0 Å². The topological polar surface area (TPSA) is 77.0 Å². The average molecular weight is 488 g/mol. The summed E-state index contributed by atoms with van der Waals surface area (Å²) in [6.45, 7) is 8.21. The summed E-state index contributed by atoms with van der Waals surface area (Å²) in [6, 6.07) is 8.58. The molecule has 5 rings (SSSR count). The predicted octanol–water partition coefficient (Wildman–Crippen LogP) is 4.39. The average Bonchev–Trinajstić information content (AvgIpc) is 2.83. The molecular formula is C26H35F2N5O2. The van der Waals surface area contributed by atoms with Gasteiger partial charge in [-0.2, -0.15) is 0 Å². The van der Waals surface area contributed by atoms with Crippen LogP contribution in [0, 0.1) is 11.6 Å². The van der Waals surface area contributed by atoms with Crippen molar-refractivity contribution >= 4 is 35.5 Å². The Hall–Kier alpha value is -3.33. The van der Waals surface area contributed by atoms with E-state index >= 15 is 0 Å². The number of aliphatic imine (C=N–C) groups is 1. The van der Waals surface area contributed by atoms with Crippen molar-refractivity contribution in [2.24, 2.45) is 4.99 Å². The van der Waals surface area contributed by atoms with Crippen LogP contribution in [0.5, 0.6) is 0 Å². The normalized spacial score (nSPS) is 17.8. The zero-order chi connectivity index (χ0) is 24.9. The first-order valence-corrected chi connectivity index (χ1v) is 11.9. The highest BCUT2D eigenvalue weighted by Gasteiger charge is 2.24. The van der Waals surface area contributed by atoms with Crippen molar-refractivity contribution < 1.29 is 21.2 Å². The second-order valence-electron chi connectivity index (χ2n) is 9.20. The number of hydrogen-bond acceptors (Lipinski definition) is 6. The summed E-state index contributed by atoms with van der Waals surface area (Å²) in [5.41, 5.74) is 3.80. The van der Waals surface area contributed by atoms with Gasteiger partial charge in [0.1, 0.15) is 18.3 Å². The number of hydrogen-bond donors (Lipinski definition) is 2. The van der Waals surface area contributed by atoms with Gasteiger partial charge in [0, 0.05) is 53.0 Å². The quantitative estimate of drug-likeness (QED) is 0.654. The SMILES string of the molecule is C=O.CC1=Nc2c(F)cc(CN3CCN(c4ccc(C(=O)NC5CCC5)c(F)c4)CC3)cc2NC1.[HH].[HH]. The third-order valence-corrected chi connectivity index (χ3v) is 6.74. The monoisotopic (exact) mass is 487 g/mol. The fourth-order valence-corrected chi connectivity index (χ4v) is 4.57. The Morgan fingerprint density at radius 3 is 2.54 bits per heavy atom. The molecule has 190 valence electrons. The van der Waals surface area contributed by atoms with Crippen molar-refractivity contribution in [1.29, 1.82) is 0 Å². The summed E-state index contributed by atoms with van der Waals surface area (Å²) >= 11 is 0. The van der Waals surface area contributed by atoms with Crippen LogP contribution in [0.4, 0.5) is 25.8 Å². The Bertz CT molecular complexity index is 1120. The summed E-state index contributed by atoms with van der Waals surface area (Å²) in [7, 11) is 0. The number of carbonyl (C=O) groups excluding carboxylic acids is 2. The Labute approximate surface area is 207 Å². The fourth-order valence-electron chi connectivity index (χ4n) is 4.57. The molecule has 1 saturated heterocycles. The van der Waals surface area contributed by atoms with Gasteiger partial charge in [0.15, 0.2) is 5.82 Å². The first-order valence-electron chi connectivity index (χ1n) is 11.9. The smallest absolute Gasteiger partial charge is 0.254 e. The lowest BCUT2D eigenvalue weighted by Crippen LogP contribution is -2.46. The zero-order valence-corrected chi connectivity index (χ0v) is 19.9. The van der Waals surface area contributed by atoms with Gasteiger partial charge in [0.25, 0.3) is 5.91 Å². The van der Waals surface area contributed by atoms with E-state index in [0.29, 0.717) is 18.8 Å². The summed E-state index contributed by atoms with van der Waals surface area (Å²) in [4.78, 5) is 29.0. The van der Waals surface area contributed by atoms with Crippen LogP contribution in [0.15, 0.2) is 35.3 Å². The van der Waals surface area contributed by atoms with Crippen LogP contribution in [-0.4, -0.2) is 62.1 Å². The summed E-state index contributed by atoms with van der Waals surface area (Å²) in [5.74, 6) is -1.12. The lowest BCUT2D eigenvalue weighted by Gasteiger charge is -2.36. The molecule has 2 aromatic carbocycles. The Kier molecular flexibility index (Phi) is 7.75. The molecule has 2 aliphatic heterocycles. The van der Waals surface area contributed by atoms with E-state index in [1.807, 2.05) is 25.8 Å². The lowest BCUT2D eigenvalue weighted by molar-refractivity contribution is -0.0980. The molecule has 2 aromatic rings. The van der Waals surface area contributed by atoms with Crippen LogP contribution in [0.3, 0.4) is 0 Å². The third-order valence-electron chi connectivity index (χ3n) is 6.74. The number of nitrogens with zero attached hydrogens (tertiary/aromatic N) is 3. The molecule has 7 nitrogen and oxygen atoms in total. The fraction of sp³-hybridized carbons (Fsp3) is 0.423. The summed E-state index contributed by atoms with van der Waals surface area (Å²) in [5, 5.41) is 6.12.